The minimum absolute atomic E-state index is 0.00497. The number of amides is 1. The van der Waals surface area contributed by atoms with Crippen molar-refractivity contribution >= 4 is 17.7 Å². The average molecular weight is 360 g/mol. The van der Waals surface area contributed by atoms with Crippen LogP contribution < -0.4 is 14.8 Å². The number of ether oxygens (including phenoxy) is 2. The lowest BCUT2D eigenvalue weighted by Crippen LogP contribution is -2.26. The number of nitro benzene ring substituents is 1. The lowest BCUT2D eigenvalue weighted by molar-refractivity contribution is -0.385. The molecule has 2 aromatic rings. The van der Waals surface area contributed by atoms with Crippen LogP contribution in [0.4, 0.5) is 10.5 Å². The molecule has 9 nitrogen and oxygen atoms in total. The summed E-state index contributed by atoms with van der Waals surface area (Å²) in [5, 5.41) is 22.5. The first-order valence-corrected chi connectivity index (χ1v) is 7.61. The van der Waals surface area contributed by atoms with Crippen LogP contribution in [0.15, 0.2) is 42.5 Å². The maximum atomic E-state index is 11.4. The summed E-state index contributed by atoms with van der Waals surface area (Å²) in [6.07, 6.45) is -0.921. The van der Waals surface area contributed by atoms with Gasteiger partial charge in [-0.2, -0.15) is 0 Å². The number of nitro groups is 1. The van der Waals surface area contributed by atoms with Crippen molar-refractivity contribution in [1.29, 1.82) is 0 Å². The van der Waals surface area contributed by atoms with Gasteiger partial charge in [-0.05, 0) is 36.8 Å². The van der Waals surface area contributed by atoms with Gasteiger partial charge in [0.2, 0.25) is 5.75 Å². The van der Waals surface area contributed by atoms with Gasteiger partial charge in [0.1, 0.15) is 11.5 Å². The largest absolute Gasteiger partial charge is 0.481 e. The third kappa shape index (κ3) is 5.20. The molecule has 0 aliphatic rings. The summed E-state index contributed by atoms with van der Waals surface area (Å²) < 4.78 is 10.4. The van der Waals surface area contributed by atoms with Crippen LogP contribution in [0.5, 0.6) is 17.2 Å². The van der Waals surface area contributed by atoms with Crippen LogP contribution in [-0.2, 0) is 11.2 Å². The highest BCUT2D eigenvalue weighted by atomic mass is 16.6. The molecule has 1 amide bonds. The summed E-state index contributed by atoms with van der Waals surface area (Å²) in [5.41, 5.74) is 0.101. The van der Waals surface area contributed by atoms with Gasteiger partial charge in [-0.1, -0.05) is 12.1 Å². The van der Waals surface area contributed by atoms with E-state index in [1.54, 1.807) is 25.1 Å². The van der Waals surface area contributed by atoms with Crippen LogP contribution in [0.2, 0.25) is 0 Å². The number of nitrogens with one attached hydrogen (secondary N) is 1. The zero-order valence-electron chi connectivity index (χ0n) is 13.8. The number of rotatable bonds is 7. The number of carbonyl (C=O) groups is 2. The van der Waals surface area contributed by atoms with Gasteiger partial charge in [-0.15, -0.1) is 0 Å². The van der Waals surface area contributed by atoms with E-state index in [-0.39, 0.29) is 23.7 Å². The Labute approximate surface area is 148 Å². The van der Waals surface area contributed by atoms with Crippen molar-refractivity contribution in [3.05, 3.63) is 58.1 Å². The van der Waals surface area contributed by atoms with E-state index in [4.69, 9.17) is 14.6 Å². The zero-order valence-corrected chi connectivity index (χ0v) is 13.8. The van der Waals surface area contributed by atoms with Crippen LogP contribution in [0.25, 0.3) is 0 Å². The van der Waals surface area contributed by atoms with E-state index in [0.717, 1.165) is 6.07 Å². The lowest BCUT2D eigenvalue weighted by atomic mass is 10.1. The highest BCUT2D eigenvalue weighted by molar-refractivity contribution is 5.71. The van der Waals surface area contributed by atoms with Crippen molar-refractivity contribution in [2.24, 2.45) is 0 Å². The second kappa shape index (κ2) is 8.47. The molecule has 0 spiro atoms. The highest BCUT2D eigenvalue weighted by Gasteiger charge is 2.19. The number of hydrogen-bond donors (Lipinski definition) is 2. The van der Waals surface area contributed by atoms with Gasteiger partial charge >= 0.3 is 17.7 Å². The van der Waals surface area contributed by atoms with E-state index in [9.17, 15) is 19.7 Å². The van der Waals surface area contributed by atoms with Gasteiger partial charge in [0, 0.05) is 6.54 Å². The summed E-state index contributed by atoms with van der Waals surface area (Å²) in [6, 6.07) is 9.97. The van der Waals surface area contributed by atoms with Gasteiger partial charge in [0.05, 0.1) is 17.4 Å². The van der Waals surface area contributed by atoms with Crippen LogP contribution >= 0.6 is 0 Å². The second-order valence-electron chi connectivity index (χ2n) is 5.13. The molecule has 136 valence electrons. The molecule has 0 radical (unpaired) electrons. The first-order valence-electron chi connectivity index (χ1n) is 7.61. The SMILES string of the molecule is CCNC(=O)Oc1ccc(Oc2cccc(CC(=O)O)c2)c([N+](=O)[O-])c1. The molecule has 0 aliphatic carbocycles. The molecule has 9 heteroatoms. The van der Waals surface area contributed by atoms with E-state index in [1.807, 2.05) is 0 Å². The Morgan fingerprint density at radius 2 is 1.96 bits per heavy atom. The van der Waals surface area contributed by atoms with Gasteiger partial charge in [0.15, 0.2) is 0 Å². The molecule has 0 heterocycles. The van der Waals surface area contributed by atoms with Crippen molar-refractivity contribution in [3.8, 4) is 17.2 Å². The Morgan fingerprint density at radius 1 is 1.19 bits per heavy atom. The third-order valence-corrected chi connectivity index (χ3v) is 3.14. The van der Waals surface area contributed by atoms with Crippen LogP contribution in [-0.4, -0.2) is 28.6 Å². The average Bonchev–Trinajstić information content (AvgIpc) is 2.56. The molecule has 0 aliphatic heterocycles. The molecule has 0 atom stereocenters. The second-order valence-corrected chi connectivity index (χ2v) is 5.13. The summed E-state index contributed by atoms with van der Waals surface area (Å²) >= 11 is 0. The Kier molecular flexibility index (Phi) is 6.10. The molecule has 0 saturated heterocycles. The fraction of sp³-hybridized carbons (Fsp3) is 0.176. The van der Waals surface area contributed by atoms with E-state index < -0.39 is 22.7 Å². The van der Waals surface area contributed by atoms with Gasteiger partial charge in [-0.25, -0.2) is 4.79 Å². The van der Waals surface area contributed by atoms with Crippen molar-refractivity contribution in [1.82, 2.24) is 5.32 Å². The molecule has 0 unspecified atom stereocenters. The summed E-state index contributed by atoms with van der Waals surface area (Å²) in [7, 11) is 0. The van der Waals surface area contributed by atoms with Crippen molar-refractivity contribution in [2.45, 2.75) is 13.3 Å². The fourth-order valence-electron chi connectivity index (χ4n) is 2.10. The molecule has 0 saturated carbocycles. The maximum absolute atomic E-state index is 11.4. The summed E-state index contributed by atoms with van der Waals surface area (Å²) in [6.45, 7) is 2.06. The van der Waals surface area contributed by atoms with Crippen LogP contribution in [0.3, 0.4) is 0 Å². The molecule has 0 aromatic heterocycles. The molecule has 2 aromatic carbocycles. The molecule has 2 rings (SSSR count). The molecule has 2 N–H and O–H groups in total. The number of hydrogen-bond acceptors (Lipinski definition) is 6. The maximum Gasteiger partial charge on any atom is 0.412 e. The van der Waals surface area contributed by atoms with Gasteiger partial charge in [-0.3, -0.25) is 14.9 Å². The molecular weight excluding hydrogens is 344 g/mol. The van der Waals surface area contributed by atoms with Crippen molar-refractivity contribution in [2.75, 3.05) is 6.54 Å². The number of benzene rings is 2. The van der Waals surface area contributed by atoms with Gasteiger partial charge < -0.3 is 19.9 Å². The Balaban J connectivity index is 2.25. The van der Waals surface area contributed by atoms with E-state index in [2.05, 4.69) is 5.32 Å². The topological polar surface area (TPSA) is 128 Å². The van der Waals surface area contributed by atoms with Gasteiger partial charge in [0.25, 0.3) is 0 Å². The standard InChI is InChI=1S/C17H16N2O7/c1-2-18-17(22)26-13-6-7-15(14(10-13)19(23)24)25-12-5-3-4-11(8-12)9-16(20)21/h3-8,10H,2,9H2,1H3,(H,18,22)(H,20,21). The monoisotopic (exact) mass is 360 g/mol. The quantitative estimate of drug-likeness (QED) is 0.573. The molecule has 0 fully saturated rings. The fourth-order valence-corrected chi connectivity index (χ4v) is 2.10. The third-order valence-electron chi connectivity index (χ3n) is 3.14. The lowest BCUT2D eigenvalue weighted by Gasteiger charge is -2.09. The summed E-state index contributed by atoms with van der Waals surface area (Å²) in [5.74, 6) is -0.815. The minimum Gasteiger partial charge on any atom is -0.481 e. The molecule has 26 heavy (non-hydrogen) atoms. The first kappa shape index (κ1) is 18.7. The van der Waals surface area contributed by atoms with Crippen molar-refractivity contribution < 1.29 is 29.1 Å². The molecular formula is C17H16N2O7. The van der Waals surface area contributed by atoms with Crippen LogP contribution in [0, 0.1) is 10.1 Å². The number of nitrogens with zero attached hydrogens (tertiary/aromatic N) is 1. The molecule has 0 bridgehead atoms. The Morgan fingerprint density at radius 3 is 2.62 bits per heavy atom. The van der Waals surface area contributed by atoms with E-state index in [1.165, 1.54) is 18.2 Å². The highest BCUT2D eigenvalue weighted by Crippen LogP contribution is 2.34. The zero-order chi connectivity index (χ0) is 19.1. The smallest absolute Gasteiger partial charge is 0.412 e. The Hall–Kier alpha value is -3.62. The van der Waals surface area contributed by atoms with Crippen molar-refractivity contribution in [3.63, 3.8) is 0 Å². The normalized spacial score (nSPS) is 10.0. The number of aliphatic carboxylic acids is 1. The predicted molar refractivity (Wildman–Crippen MR) is 90.7 cm³/mol. The minimum atomic E-state index is -1.00. The predicted octanol–water partition coefficient (Wildman–Crippen LogP) is 3.12. The Bertz CT molecular complexity index is 836. The first-order chi connectivity index (χ1) is 12.4. The number of carboxylic acids is 1. The number of carboxylic acid groups (broad SMARTS) is 1. The van der Waals surface area contributed by atoms with E-state index >= 15 is 0 Å². The van der Waals surface area contributed by atoms with Crippen LogP contribution in [0.1, 0.15) is 12.5 Å². The van der Waals surface area contributed by atoms with E-state index in [0.29, 0.717) is 12.1 Å². The summed E-state index contributed by atoms with van der Waals surface area (Å²) in [4.78, 5) is 32.8. The number of carbonyl (C=O) groups excluding carboxylic acids is 1.